The number of para-hydroxylation sites is 1. The first-order chi connectivity index (χ1) is 11.7. The zero-order valence-electron chi connectivity index (χ0n) is 13.4. The highest BCUT2D eigenvalue weighted by atomic mass is 32.2. The zero-order valence-corrected chi connectivity index (χ0v) is 14.2. The van der Waals surface area contributed by atoms with E-state index >= 15 is 0 Å². The minimum Gasteiger partial charge on any atom is -0.341 e. The number of benzene rings is 1. The molecule has 0 atom stereocenters. The molecule has 24 heavy (non-hydrogen) atoms. The summed E-state index contributed by atoms with van der Waals surface area (Å²) in [7, 11) is 1.47. The van der Waals surface area contributed by atoms with Crippen LogP contribution in [0.1, 0.15) is 31.0 Å². The van der Waals surface area contributed by atoms with Gasteiger partial charge in [0.15, 0.2) is 5.16 Å². The van der Waals surface area contributed by atoms with Crippen molar-refractivity contribution in [1.82, 2.24) is 25.4 Å². The molecule has 7 nitrogen and oxygen atoms in total. The van der Waals surface area contributed by atoms with Crippen molar-refractivity contribution in [2.24, 2.45) is 0 Å². The molecule has 0 spiro atoms. The Morgan fingerprint density at radius 2 is 2.00 bits per heavy atom. The lowest BCUT2D eigenvalue weighted by molar-refractivity contribution is -0.119. The number of amides is 3. The van der Waals surface area contributed by atoms with E-state index in [1.54, 1.807) is 0 Å². The quantitative estimate of drug-likeness (QED) is 0.783. The minimum atomic E-state index is -0.492. The summed E-state index contributed by atoms with van der Waals surface area (Å²) in [5, 5.41) is 14.0. The number of nitrogens with zero attached hydrogens (tertiary/aromatic N) is 3. The molecule has 2 aromatic rings. The third kappa shape index (κ3) is 3.94. The average molecular weight is 345 g/mol. The molecule has 126 valence electrons. The molecule has 3 rings (SSSR count). The van der Waals surface area contributed by atoms with Gasteiger partial charge in [-0.25, -0.2) is 4.79 Å². The summed E-state index contributed by atoms with van der Waals surface area (Å²) in [5.41, 5.74) is 1.03. The Kier molecular flexibility index (Phi) is 5.14. The predicted octanol–water partition coefficient (Wildman–Crippen LogP) is 2.08. The number of urea groups is 1. The van der Waals surface area contributed by atoms with Gasteiger partial charge in [-0.15, -0.1) is 10.2 Å². The Bertz CT molecular complexity index is 727. The van der Waals surface area contributed by atoms with Gasteiger partial charge in [-0.05, 0) is 25.0 Å². The normalized spacial score (nSPS) is 13.5. The third-order valence-electron chi connectivity index (χ3n) is 3.66. The first-order valence-electron chi connectivity index (χ1n) is 7.84. The molecule has 1 heterocycles. The van der Waals surface area contributed by atoms with Crippen LogP contribution in [0.2, 0.25) is 0 Å². The summed E-state index contributed by atoms with van der Waals surface area (Å²) < 4.78 is 2.07. The lowest BCUT2D eigenvalue weighted by atomic mass is 10.3. The van der Waals surface area contributed by atoms with Crippen LogP contribution in [-0.4, -0.2) is 39.5 Å². The number of hydrogen-bond acceptors (Lipinski definition) is 5. The third-order valence-corrected chi connectivity index (χ3v) is 4.59. The number of carbonyl (C=O) groups is 2. The van der Waals surface area contributed by atoms with E-state index in [-0.39, 0.29) is 12.3 Å². The Morgan fingerprint density at radius 3 is 2.67 bits per heavy atom. The number of thioether (sulfide) groups is 1. The van der Waals surface area contributed by atoms with Crippen LogP contribution in [0.4, 0.5) is 4.79 Å². The van der Waals surface area contributed by atoms with Gasteiger partial charge in [0.25, 0.3) is 0 Å². The van der Waals surface area contributed by atoms with E-state index in [1.165, 1.54) is 18.8 Å². The van der Waals surface area contributed by atoms with Crippen molar-refractivity contribution in [3.05, 3.63) is 36.2 Å². The fourth-order valence-corrected chi connectivity index (χ4v) is 3.18. The van der Waals surface area contributed by atoms with Gasteiger partial charge >= 0.3 is 6.03 Å². The predicted molar refractivity (Wildman–Crippen MR) is 91.3 cm³/mol. The highest BCUT2D eigenvalue weighted by molar-refractivity contribution is 7.99. The van der Waals surface area contributed by atoms with E-state index < -0.39 is 6.03 Å². The van der Waals surface area contributed by atoms with Crippen molar-refractivity contribution in [3.63, 3.8) is 0 Å². The first-order valence-corrected chi connectivity index (χ1v) is 8.82. The minimum absolute atomic E-state index is 0.235. The molecule has 0 unspecified atom stereocenters. The summed E-state index contributed by atoms with van der Waals surface area (Å²) in [5.74, 6) is 1.68. The molecular formula is C16H19N5O2S. The molecule has 0 bridgehead atoms. The van der Waals surface area contributed by atoms with Crippen molar-refractivity contribution in [2.75, 3.05) is 12.8 Å². The Morgan fingerprint density at radius 1 is 1.25 bits per heavy atom. The van der Waals surface area contributed by atoms with E-state index in [9.17, 15) is 9.59 Å². The molecule has 3 amide bonds. The van der Waals surface area contributed by atoms with Crippen LogP contribution < -0.4 is 10.6 Å². The van der Waals surface area contributed by atoms with Crippen molar-refractivity contribution in [3.8, 4) is 5.69 Å². The number of carbonyl (C=O) groups excluding carboxylic acids is 2. The molecule has 0 saturated heterocycles. The highest BCUT2D eigenvalue weighted by Gasteiger charge is 2.31. The molecule has 1 aromatic carbocycles. The van der Waals surface area contributed by atoms with E-state index in [0.29, 0.717) is 11.7 Å². The zero-order chi connectivity index (χ0) is 16.9. The highest BCUT2D eigenvalue weighted by Crippen LogP contribution is 2.41. The second-order valence-electron chi connectivity index (χ2n) is 5.51. The fraction of sp³-hybridized carbons (Fsp3) is 0.375. The summed E-state index contributed by atoms with van der Waals surface area (Å²) in [6.45, 7) is 0. The number of nitrogens with one attached hydrogen (secondary N) is 2. The van der Waals surface area contributed by atoms with Crippen LogP contribution in [0.15, 0.2) is 35.5 Å². The van der Waals surface area contributed by atoms with Crippen LogP contribution in [0.25, 0.3) is 5.69 Å². The van der Waals surface area contributed by atoms with Crippen LogP contribution in [0.5, 0.6) is 0 Å². The second-order valence-corrected chi connectivity index (χ2v) is 6.57. The van der Waals surface area contributed by atoms with Crippen molar-refractivity contribution in [2.45, 2.75) is 30.3 Å². The molecule has 2 N–H and O–H groups in total. The van der Waals surface area contributed by atoms with Gasteiger partial charge in [-0.3, -0.25) is 14.7 Å². The maximum absolute atomic E-state index is 11.7. The lowest BCUT2D eigenvalue weighted by Gasteiger charge is -2.09. The topological polar surface area (TPSA) is 88.9 Å². The molecular weight excluding hydrogens is 326 g/mol. The molecule has 1 saturated carbocycles. The van der Waals surface area contributed by atoms with E-state index in [1.807, 2.05) is 30.3 Å². The Labute approximate surface area is 144 Å². The molecule has 8 heteroatoms. The second kappa shape index (κ2) is 7.48. The van der Waals surface area contributed by atoms with Gasteiger partial charge in [0.2, 0.25) is 5.91 Å². The summed E-state index contributed by atoms with van der Waals surface area (Å²) in [4.78, 5) is 22.8. The van der Waals surface area contributed by atoms with Crippen LogP contribution in [-0.2, 0) is 4.79 Å². The van der Waals surface area contributed by atoms with Gasteiger partial charge in [0.05, 0.1) is 0 Å². The summed E-state index contributed by atoms with van der Waals surface area (Å²) in [6.07, 6.45) is 2.52. The molecule has 0 radical (unpaired) electrons. The molecule has 1 aromatic heterocycles. The summed E-state index contributed by atoms with van der Waals surface area (Å²) in [6, 6.07) is 9.50. The van der Waals surface area contributed by atoms with Crippen LogP contribution in [0.3, 0.4) is 0 Å². The van der Waals surface area contributed by atoms with Crippen molar-refractivity contribution in [1.29, 1.82) is 0 Å². The van der Waals surface area contributed by atoms with Gasteiger partial charge in [-0.2, -0.15) is 0 Å². The van der Waals surface area contributed by atoms with Gasteiger partial charge in [0.1, 0.15) is 5.82 Å². The Hall–Kier alpha value is -2.35. The standard InChI is InChI=1S/C16H19N5O2S/c1-17-15(23)18-13(22)9-10-24-16-20-19-14(11-7-8-11)21(16)12-5-3-2-4-6-12/h2-6,11H,7-10H2,1H3,(H2,17,18,22,23). The van der Waals surface area contributed by atoms with E-state index in [0.717, 1.165) is 29.5 Å². The maximum Gasteiger partial charge on any atom is 0.321 e. The Balaban J connectivity index is 1.68. The number of imide groups is 1. The molecule has 1 fully saturated rings. The van der Waals surface area contributed by atoms with Gasteiger partial charge in [-0.1, -0.05) is 30.0 Å². The van der Waals surface area contributed by atoms with Crippen molar-refractivity contribution >= 4 is 23.7 Å². The summed E-state index contributed by atoms with van der Waals surface area (Å²) >= 11 is 1.47. The van der Waals surface area contributed by atoms with Gasteiger partial charge in [0, 0.05) is 30.8 Å². The van der Waals surface area contributed by atoms with Gasteiger partial charge < -0.3 is 5.32 Å². The number of aromatic nitrogens is 3. The lowest BCUT2D eigenvalue weighted by Crippen LogP contribution is -2.37. The number of hydrogen-bond donors (Lipinski definition) is 2. The number of rotatable bonds is 6. The molecule has 1 aliphatic rings. The van der Waals surface area contributed by atoms with Crippen LogP contribution >= 0.6 is 11.8 Å². The van der Waals surface area contributed by atoms with Crippen molar-refractivity contribution < 1.29 is 9.59 Å². The van der Waals surface area contributed by atoms with E-state index in [2.05, 4.69) is 25.4 Å². The maximum atomic E-state index is 11.7. The fourth-order valence-electron chi connectivity index (χ4n) is 2.29. The molecule has 0 aliphatic heterocycles. The average Bonchev–Trinajstić information content (AvgIpc) is 3.36. The first kappa shape index (κ1) is 16.5. The molecule has 1 aliphatic carbocycles. The largest absolute Gasteiger partial charge is 0.341 e. The van der Waals surface area contributed by atoms with E-state index in [4.69, 9.17) is 0 Å². The monoisotopic (exact) mass is 345 g/mol. The SMILES string of the molecule is CNC(=O)NC(=O)CCSc1nnc(C2CC2)n1-c1ccccc1. The smallest absolute Gasteiger partial charge is 0.321 e. The van der Waals surface area contributed by atoms with Crippen LogP contribution in [0, 0.1) is 0 Å².